The van der Waals surface area contributed by atoms with Crippen molar-refractivity contribution < 1.29 is 14.2 Å². The van der Waals surface area contributed by atoms with Crippen LogP contribution >= 0.6 is 0 Å². The average Bonchev–Trinajstić information content (AvgIpc) is 2.44. The predicted octanol–water partition coefficient (Wildman–Crippen LogP) is 2.78. The minimum atomic E-state index is -0.180. The molecule has 1 atom stereocenters. The molecule has 0 aliphatic heterocycles. The maximum absolute atomic E-state index is 5.50. The first kappa shape index (κ1) is 15.8. The van der Waals surface area contributed by atoms with Crippen molar-refractivity contribution in [3.63, 3.8) is 0 Å². The molecule has 1 rings (SSSR count). The molecular weight excluding hydrogens is 242 g/mol. The van der Waals surface area contributed by atoms with Crippen molar-refractivity contribution in [2.45, 2.75) is 31.9 Å². The fourth-order valence-corrected chi connectivity index (χ4v) is 2.03. The zero-order valence-corrected chi connectivity index (χ0v) is 12.7. The largest absolute Gasteiger partial charge is 0.493 e. The van der Waals surface area contributed by atoms with E-state index in [0.717, 1.165) is 23.5 Å². The van der Waals surface area contributed by atoms with Crippen molar-refractivity contribution in [2.24, 2.45) is 0 Å². The van der Waals surface area contributed by atoms with E-state index in [2.05, 4.69) is 19.2 Å². The molecule has 0 aliphatic carbocycles. The molecule has 0 bridgehead atoms. The monoisotopic (exact) mass is 267 g/mol. The second-order valence-corrected chi connectivity index (χ2v) is 5.12. The maximum atomic E-state index is 5.50. The van der Waals surface area contributed by atoms with Crippen LogP contribution in [0.15, 0.2) is 18.2 Å². The zero-order chi connectivity index (χ0) is 14.5. The van der Waals surface area contributed by atoms with E-state index < -0.39 is 0 Å². The van der Waals surface area contributed by atoms with Crippen LogP contribution in [0.3, 0.4) is 0 Å². The summed E-state index contributed by atoms with van der Waals surface area (Å²) in [5.74, 6) is 1.49. The fourth-order valence-electron chi connectivity index (χ4n) is 2.03. The summed E-state index contributed by atoms with van der Waals surface area (Å²) in [6.45, 7) is 4.16. The summed E-state index contributed by atoms with van der Waals surface area (Å²) >= 11 is 0. The third-order valence-corrected chi connectivity index (χ3v) is 3.41. The Morgan fingerprint density at radius 1 is 1.11 bits per heavy atom. The Morgan fingerprint density at radius 3 is 2.21 bits per heavy atom. The number of methoxy groups -OCH3 is 3. The maximum Gasteiger partial charge on any atom is 0.161 e. The lowest BCUT2D eigenvalue weighted by molar-refractivity contribution is 0.00742. The summed E-state index contributed by atoms with van der Waals surface area (Å²) < 4.78 is 16.1. The van der Waals surface area contributed by atoms with Crippen LogP contribution in [0.4, 0.5) is 0 Å². The first-order valence-electron chi connectivity index (χ1n) is 6.41. The van der Waals surface area contributed by atoms with Gasteiger partial charge in [-0.1, -0.05) is 6.07 Å². The van der Waals surface area contributed by atoms with Crippen molar-refractivity contribution in [2.75, 3.05) is 28.4 Å². The third kappa shape index (κ3) is 4.11. The highest BCUT2D eigenvalue weighted by Gasteiger charge is 2.23. The highest BCUT2D eigenvalue weighted by molar-refractivity contribution is 5.43. The number of nitrogens with one attached hydrogen (secondary N) is 1. The van der Waals surface area contributed by atoms with E-state index in [0.29, 0.717) is 0 Å². The van der Waals surface area contributed by atoms with Crippen LogP contribution in [0.5, 0.6) is 11.5 Å². The molecule has 1 unspecified atom stereocenters. The molecule has 0 saturated heterocycles. The Bertz CT molecular complexity index is 404. The molecule has 0 amide bonds. The van der Waals surface area contributed by atoms with Gasteiger partial charge in [0.2, 0.25) is 0 Å². The quantitative estimate of drug-likeness (QED) is 0.824. The number of ether oxygens (including phenoxy) is 3. The molecule has 108 valence electrons. The van der Waals surface area contributed by atoms with E-state index in [1.807, 2.05) is 25.2 Å². The van der Waals surface area contributed by atoms with Crippen LogP contribution in [0.25, 0.3) is 0 Å². The van der Waals surface area contributed by atoms with E-state index in [-0.39, 0.29) is 11.6 Å². The minimum absolute atomic E-state index is 0.180. The molecule has 0 spiro atoms. The molecular formula is C15H25NO3. The van der Waals surface area contributed by atoms with E-state index in [1.165, 1.54) is 0 Å². The predicted molar refractivity (Wildman–Crippen MR) is 77.1 cm³/mol. The van der Waals surface area contributed by atoms with Gasteiger partial charge in [0, 0.05) is 13.2 Å². The second-order valence-electron chi connectivity index (χ2n) is 5.12. The molecule has 0 aliphatic rings. The van der Waals surface area contributed by atoms with Gasteiger partial charge >= 0.3 is 0 Å². The van der Waals surface area contributed by atoms with Crippen LogP contribution in [0.1, 0.15) is 31.9 Å². The summed E-state index contributed by atoms with van der Waals surface area (Å²) in [6, 6.07) is 6.19. The summed E-state index contributed by atoms with van der Waals surface area (Å²) in [7, 11) is 6.98. The molecule has 4 heteroatoms. The van der Waals surface area contributed by atoms with Crippen molar-refractivity contribution in [1.29, 1.82) is 0 Å². The van der Waals surface area contributed by atoms with Gasteiger partial charge in [0.25, 0.3) is 0 Å². The summed E-state index contributed by atoms with van der Waals surface area (Å²) in [6.07, 6.45) is 0.871. The number of benzene rings is 1. The lowest BCUT2D eigenvalue weighted by Crippen LogP contribution is -2.30. The van der Waals surface area contributed by atoms with Gasteiger partial charge in [0.15, 0.2) is 11.5 Å². The molecule has 4 nitrogen and oxygen atoms in total. The van der Waals surface area contributed by atoms with Gasteiger partial charge in [-0.25, -0.2) is 0 Å². The van der Waals surface area contributed by atoms with Crippen molar-refractivity contribution in [1.82, 2.24) is 5.32 Å². The molecule has 1 aromatic carbocycles. The average molecular weight is 267 g/mol. The van der Waals surface area contributed by atoms with Crippen molar-refractivity contribution in [3.05, 3.63) is 23.8 Å². The van der Waals surface area contributed by atoms with E-state index >= 15 is 0 Å². The van der Waals surface area contributed by atoms with Gasteiger partial charge in [-0.3, -0.25) is 0 Å². The Kier molecular flexibility index (Phi) is 5.63. The molecule has 0 heterocycles. The van der Waals surface area contributed by atoms with Crippen LogP contribution < -0.4 is 14.8 Å². The molecule has 0 fully saturated rings. The van der Waals surface area contributed by atoms with Gasteiger partial charge in [0.05, 0.1) is 19.8 Å². The van der Waals surface area contributed by atoms with Gasteiger partial charge < -0.3 is 19.5 Å². The minimum Gasteiger partial charge on any atom is -0.493 e. The summed E-state index contributed by atoms with van der Waals surface area (Å²) in [4.78, 5) is 0. The van der Waals surface area contributed by atoms with Gasteiger partial charge in [-0.2, -0.15) is 0 Å². The van der Waals surface area contributed by atoms with Crippen LogP contribution in [0, 0.1) is 0 Å². The summed E-state index contributed by atoms with van der Waals surface area (Å²) in [5.41, 5.74) is 0.978. The Balaban J connectivity index is 2.99. The Morgan fingerprint density at radius 2 is 1.74 bits per heavy atom. The lowest BCUT2D eigenvalue weighted by Gasteiger charge is -2.29. The van der Waals surface area contributed by atoms with Gasteiger partial charge in [0.1, 0.15) is 0 Å². The number of hydrogen-bond donors (Lipinski definition) is 1. The SMILES string of the molecule is CNC(CC(C)(C)OC)c1ccc(OC)c(OC)c1. The van der Waals surface area contributed by atoms with Crippen LogP contribution in [-0.2, 0) is 4.74 Å². The molecule has 0 radical (unpaired) electrons. The van der Waals surface area contributed by atoms with Crippen LogP contribution in [-0.4, -0.2) is 34.0 Å². The zero-order valence-electron chi connectivity index (χ0n) is 12.7. The Hall–Kier alpha value is -1.26. The standard InChI is InChI=1S/C15H25NO3/c1-15(2,19-6)10-12(16-3)11-7-8-13(17-4)14(9-11)18-5/h7-9,12,16H,10H2,1-6H3. The van der Waals surface area contributed by atoms with Crippen LogP contribution in [0.2, 0.25) is 0 Å². The first-order valence-corrected chi connectivity index (χ1v) is 6.41. The Labute approximate surface area is 116 Å². The third-order valence-electron chi connectivity index (χ3n) is 3.41. The number of hydrogen-bond acceptors (Lipinski definition) is 4. The second kappa shape index (κ2) is 6.78. The molecule has 0 saturated carbocycles. The molecule has 1 N–H and O–H groups in total. The summed E-state index contributed by atoms with van der Waals surface area (Å²) in [5, 5.41) is 3.32. The van der Waals surface area contributed by atoms with Gasteiger partial charge in [-0.15, -0.1) is 0 Å². The van der Waals surface area contributed by atoms with Crippen molar-refractivity contribution >= 4 is 0 Å². The van der Waals surface area contributed by atoms with Gasteiger partial charge in [-0.05, 0) is 45.0 Å². The van der Waals surface area contributed by atoms with E-state index in [1.54, 1.807) is 21.3 Å². The topological polar surface area (TPSA) is 39.7 Å². The molecule has 19 heavy (non-hydrogen) atoms. The van der Waals surface area contributed by atoms with Crippen molar-refractivity contribution in [3.8, 4) is 11.5 Å². The number of rotatable bonds is 7. The van der Waals surface area contributed by atoms with E-state index in [9.17, 15) is 0 Å². The fraction of sp³-hybridized carbons (Fsp3) is 0.600. The highest BCUT2D eigenvalue weighted by Crippen LogP contribution is 2.33. The lowest BCUT2D eigenvalue weighted by atomic mass is 9.93. The normalized spacial score (nSPS) is 13.2. The molecule has 1 aromatic rings. The smallest absolute Gasteiger partial charge is 0.161 e. The first-order chi connectivity index (χ1) is 8.97. The highest BCUT2D eigenvalue weighted by atomic mass is 16.5. The van der Waals surface area contributed by atoms with E-state index in [4.69, 9.17) is 14.2 Å². The molecule has 0 aromatic heterocycles.